The summed E-state index contributed by atoms with van der Waals surface area (Å²) >= 11 is 0. The lowest BCUT2D eigenvalue weighted by atomic mass is 10.1. The first kappa shape index (κ1) is 14.7. The lowest BCUT2D eigenvalue weighted by Crippen LogP contribution is -2.16. The maximum atomic E-state index is 11.2. The number of benzene rings is 1. The van der Waals surface area contributed by atoms with Crippen LogP contribution >= 0.6 is 0 Å². The highest BCUT2D eigenvalue weighted by molar-refractivity contribution is 7.90. The molecule has 2 rings (SSSR count). The molecule has 0 aliphatic heterocycles. The van der Waals surface area contributed by atoms with E-state index in [1.165, 1.54) is 6.26 Å². The fourth-order valence-corrected chi connectivity index (χ4v) is 2.70. The molecular formula is C14H19N3O2S. The Kier molecular flexibility index (Phi) is 4.25. The molecule has 1 atom stereocenters. The molecule has 1 aromatic carbocycles. The Bertz CT molecular complexity index is 692. The van der Waals surface area contributed by atoms with Crippen molar-refractivity contribution in [2.45, 2.75) is 19.4 Å². The minimum absolute atomic E-state index is 0.0641. The molecule has 108 valence electrons. The van der Waals surface area contributed by atoms with E-state index in [0.29, 0.717) is 12.2 Å². The molecule has 0 aliphatic rings. The number of nitrogens with zero attached hydrogens (tertiary/aromatic N) is 1. The van der Waals surface area contributed by atoms with Crippen LogP contribution in [0.4, 0.5) is 0 Å². The van der Waals surface area contributed by atoms with E-state index < -0.39 is 15.9 Å². The number of aromatic amines is 1. The van der Waals surface area contributed by atoms with Crippen LogP contribution in [0.1, 0.15) is 23.9 Å². The van der Waals surface area contributed by atoms with E-state index in [9.17, 15) is 8.42 Å². The van der Waals surface area contributed by atoms with Crippen LogP contribution in [0.2, 0.25) is 0 Å². The molecule has 0 bridgehead atoms. The number of hydrogen-bond donors (Lipinski definition) is 2. The van der Waals surface area contributed by atoms with Gasteiger partial charge in [-0.05, 0) is 18.9 Å². The minimum Gasteiger partial charge on any atom is -0.341 e. The van der Waals surface area contributed by atoms with Gasteiger partial charge in [-0.2, -0.15) is 0 Å². The molecule has 3 N–H and O–H groups in total. The van der Waals surface area contributed by atoms with Crippen LogP contribution in [0.25, 0.3) is 11.3 Å². The van der Waals surface area contributed by atoms with Crippen molar-refractivity contribution in [3.63, 3.8) is 0 Å². The molecule has 1 unspecified atom stereocenters. The normalized spacial score (nSPS) is 13.3. The monoisotopic (exact) mass is 293 g/mol. The highest BCUT2D eigenvalue weighted by Gasteiger charge is 2.14. The lowest BCUT2D eigenvalue weighted by Gasteiger charge is -2.07. The van der Waals surface area contributed by atoms with E-state index >= 15 is 0 Å². The summed E-state index contributed by atoms with van der Waals surface area (Å²) in [6.45, 7) is 2.03. The van der Waals surface area contributed by atoms with Gasteiger partial charge < -0.3 is 10.7 Å². The second-order valence-electron chi connectivity index (χ2n) is 5.02. The number of aromatic nitrogens is 2. The number of nitrogens with one attached hydrogen (secondary N) is 1. The van der Waals surface area contributed by atoms with E-state index in [-0.39, 0.29) is 5.75 Å². The molecule has 5 nitrogen and oxygen atoms in total. The zero-order chi connectivity index (χ0) is 14.8. The Balaban J connectivity index is 2.15. The highest BCUT2D eigenvalue weighted by atomic mass is 32.2. The molecule has 1 aromatic heterocycles. The molecule has 20 heavy (non-hydrogen) atoms. The van der Waals surface area contributed by atoms with Gasteiger partial charge in [0.25, 0.3) is 0 Å². The number of sulfone groups is 1. The molecule has 1 heterocycles. The smallest absolute Gasteiger partial charge is 0.147 e. The summed E-state index contributed by atoms with van der Waals surface area (Å²) in [5.41, 5.74) is 9.09. The van der Waals surface area contributed by atoms with Gasteiger partial charge in [0.2, 0.25) is 0 Å². The van der Waals surface area contributed by atoms with Crippen molar-refractivity contribution in [3.8, 4) is 11.3 Å². The molecular weight excluding hydrogens is 274 g/mol. The number of imidazole rings is 1. The van der Waals surface area contributed by atoms with Gasteiger partial charge in [-0.25, -0.2) is 13.4 Å². The maximum absolute atomic E-state index is 11.2. The van der Waals surface area contributed by atoms with Gasteiger partial charge in [-0.3, -0.25) is 0 Å². The third kappa shape index (κ3) is 3.68. The first-order valence-electron chi connectivity index (χ1n) is 6.41. The second kappa shape index (κ2) is 5.76. The Hall–Kier alpha value is -1.66. The van der Waals surface area contributed by atoms with Crippen molar-refractivity contribution in [2.24, 2.45) is 5.73 Å². The Morgan fingerprint density at radius 1 is 1.35 bits per heavy atom. The molecule has 0 fully saturated rings. The number of H-pyrrole nitrogens is 1. The van der Waals surface area contributed by atoms with Gasteiger partial charge in [0.1, 0.15) is 15.7 Å². The van der Waals surface area contributed by atoms with Gasteiger partial charge in [-0.15, -0.1) is 0 Å². The molecule has 0 saturated heterocycles. The van der Waals surface area contributed by atoms with Gasteiger partial charge in [0.05, 0.1) is 23.7 Å². The van der Waals surface area contributed by atoms with Crippen molar-refractivity contribution >= 4 is 9.84 Å². The van der Waals surface area contributed by atoms with E-state index in [1.54, 1.807) is 6.20 Å². The average Bonchev–Trinajstić information content (AvgIpc) is 2.85. The molecule has 0 amide bonds. The number of rotatable bonds is 5. The summed E-state index contributed by atoms with van der Waals surface area (Å²) < 4.78 is 22.3. The van der Waals surface area contributed by atoms with E-state index in [4.69, 9.17) is 5.73 Å². The Morgan fingerprint density at radius 3 is 2.70 bits per heavy atom. The van der Waals surface area contributed by atoms with E-state index in [2.05, 4.69) is 9.97 Å². The first-order chi connectivity index (χ1) is 9.37. The highest BCUT2D eigenvalue weighted by Crippen LogP contribution is 2.22. The summed E-state index contributed by atoms with van der Waals surface area (Å²) in [6, 6.07) is 7.58. The average molecular weight is 293 g/mol. The summed E-state index contributed by atoms with van der Waals surface area (Å²) in [7, 11) is -3.00. The Morgan fingerprint density at radius 2 is 2.05 bits per heavy atom. The van der Waals surface area contributed by atoms with Gasteiger partial charge >= 0.3 is 0 Å². The van der Waals surface area contributed by atoms with Crippen LogP contribution in [0.3, 0.4) is 0 Å². The van der Waals surface area contributed by atoms with Crippen LogP contribution in [0.5, 0.6) is 0 Å². The van der Waals surface area contributed by atoms with Crippen molar-refractivity contribution in [1.82, 2.24) is 9.97 Å². The number of aryl methyl sites for hydroxylation is 1. The third-order valence-corrected chi connectivity index (χ3v) is 4.16. The van der Waals surface area contributed by atoms with Crippen molar-refractivity contribution in [2.75, 3.05) is 12.0 Å². The van der Waals surface area contributed by atoms with Crippen LogP contribution in [-0.4, -0.2) is 30.4 Å². The van der Waals surface area contributed by atoms with Crippen LogP contribution in [0, 0.1) is 6.92 Å². The maximum Gasteiger partial charge on any atom is 0.147 e. The second-order valence-corrected chi connectivity index (χ2v) is 7.28. The third-order valence-electron chi connectivity index (χ3n) is 3.18. The Labute approximate surface area is 119 Å². The minimum atomic E-state index is -3.00. The zero-order valence-corrected chi connectivity index (χ0v) is 12.4. The summed E-state index contributed by atoms with van der Waals surface area (Å²) in [5, 5.41) is 0. The summed E-state index contributed by atoms with van der Waals surface area (Å²) in [5.74, 6) is 0.682. The fraction of sp³-hybridized carbons (Fsp3) is 0.357. The summed E-state index contributed by atoms with van der Waals surface area (Å²) in [6.07, 6.45) is 3.30. The predicted molar refractivity (Wildman–Crippen MR) is 80.0 cm³/mol. The zero-order valence-electron chi connectivity index (χ0n) is 11.6. The van der Waals surface area contributed by atoms with Gasteiger partial charge in [0.15, 0.2) is 0 Å². The number of nitrogens with two attached hydrogens (primary N) is 1. The first-order valence-corrected chi connectivity index (χ1v) is 8.47. The van der Waals surface area contributed by atoms with E-state index in [0.717, 1.165) is 16.8 Å². The van der Waals surface area contributed by atoms with E-state index in [1.807, 2.05) is 31.2 Å². The number of hydrogen-bond acceptors (Lipinski definition) is 4. The topological polar surface area (TPSA) is 88.8 Å². The standard InChI is InChI=1S/C14H19N3O2S/c1-10-5-3-4-6-11(10)13-9-16-14(17-13)12(15)7-8-20(2,18)19/h3-6,9,12H,7-8,15H2,1-2H3,(H,16,17). The molecule has 6 heteroatoms. The van der Waals surface area contributed by atoms with Crippen molar-refractivity contribution in [1.29, 1.82) is 0 Å². The largest absolute Gasteiger partial charge is 0.341 e. The molecule has 0 aliphatic carbocycles. The van der Waals surface area contributed by atoms with Gasteiger partial charge in [0, 0.05) is 11.8 Å². The van der Waals surface area contributed by atoms with Crippen LogP contribution in [0.15, 0.2) is 30.5 Å². The summed E-state index contributed by atoms with van der Waals surface area (Å²) in [4.78, 5) is 7.43. The van der Waals surface area contributed by atoms with Gasteiger partial charge in [-0.1, -0.05) is 24.3 Å². The molecule has 0 spiro atoms. The lowest BCUT2D eigenvalue weighted by molar-refractivity contribution is 0.588. The van der Waals surface area contributed by atoms with Crippen molar-refractivity contribution in [3.05, 3.63) is 41.9 Å². The fourth-order valence-electron chi connectivity index (χ4n) is 2.01. The van der Waals surface area contributed by atoms with Crippen molar-refractivity contribution < 1.29 is 8.42 Å². The quantitative estimate of drug-likeness (QED) is 0.880. The van der Waals surface area contributed by atoms with Crippen LogP contribution < -0.4 is 5.73 Å². The molecule has 0 saturated carbocycles. The predicted octanol–water partition coefficient (Wildman–Crippen LogP) is 1.82. The molecule has 2 aromatic rings. The SMILES string of the molecule is Cc1ccccc1-c1cnc(C(N)CCS(C)(=O)=O)[nH]1. The molecule has 0 radical (unpaired) electrons. The van der Waals surface area contributed by atoms with Crippen LogP contribution in [-0.2, 0) is 9.84 Å².